The van der Waals surface area contributed by atoms with Crippen molar-refractivity contribution in [1.29, 1.82) is 0 Å². The second-order valence-corrected chi connectivity index (χ2v) is 5.53. The summed E-state index contributed by atoms with van der Waals surface area (Å²) in [6.07, 6.45) is 1.69. The molecule has 1 fully saturated rings. The Bertz CT molecular complexity index is 685. The number of carbonyl (C=O) groups is 1. The predicted molar refractivity (Wildman–Crippen MR) is 88.2 cm³/mol. The second kappa shape index (κ2) is 6.09. The van der Waals surface area contributed by atoms with Gasteiger partial charge in [0.15, 0.2) is 0 Å². The summed E-state index contributed by atoms with van der Waals surface area (Å²) in [6, 6.07) is 6.17. The van der Waals surface area contributed by atoms with E-state index in [1.54, 1.807) is 6.08 Å². The van der Waals surface area contributed by atoms with E-state index in [9.17, 15) is 4.79 Å². The Morgan fingerprint density at radius 2 is 2.18 bits per heavy atom. The number of piperazine rings is 1. The van der Waals surface area contributed by atoms with E-state index in [0.717, 1.165) is 30.1 Å². The molecule has 1 saturated heterocycles. The van der Waals surface area contributed by atoms with Crippen molar-refractivity contribution in [2.75, 3.05) is 37.6 Å². The molecule has 0 bridgehead atoms. The molecule has 1 aromatic carbocycles. The van der Waals surface area contributed by atoms with Crippen molar-refractivity contribution in [3.63, 3.8) is 0 Å². The van der Waals surface area contributed by atoms with Gasteiger partial charge < -0.3 is 20.1 Å². The highest BCUT2D eigenvalue weighted by Crippen LogP contribution is 2.19. The number of hydrogen-bond acceptors (Lipinski definition) is 3. The fraction of sp³-hybridized carbons (Fsp3) is 0.375. The Kier molecular flexibility index (Phi) is 4.00. The largest absolute Gasteiger partial charge is 0.339 e. The molecule has 1 aliphatic heterocycles. The number of fused-ring (bicyclic) bond motifs is 1. The van der Waals surface area contributed by atoms with Crippen LogP contribution in [0.3, 0.4) is 0 Å². The molecule has 116 valence electrons. The van der Waals surface area contributed by atoms with Crippen LogP contribution in [0.2, 0.25) is 0 Å². The van der Waals surface area contributed by atoms with Crippen LogP contribution in [0.4, 0.5) is 10.7 Å². The van der Waals surface area contributed by atoms with Gasteiger partial charge in [0.1, 0.15) is 0 Å². The van der Waals surface area contributed by atoms with Crippen LogP contribution in [0.15, 0.2) is 30.9 Å². The Hall–Kier alpha value is -2.50. The van der Waals surface area contributed by atoms with E-state index >= 15 is 0 Å². The first-order valence-electron chi connectivity index (χ1n) is 7.52. The van der Waals surface area contributed by atoms with Gasteiger partial charge in [-0.25, -0.2) is 9.78 Å². The molecule has 0 radical (unpaired) electrons. The first kappa shape index (κ1) is 14.4. The van der Waals surface area contributed by atoms with Gasteiger partial charge in [-0.15, -0.1) is 6.58 Å². The van der Waals surface area contributed by atoms with E-state index in [0.29, 0.717) is 19.6 Å². The van der Waals surface area contributed by atoms with Gasteiger partial charge in [0.25, 0.3) is 0 Å². The summed E-state index contributed by atoms with van der Waals surface area (Å²) in [7, 11) is 0. The van der Waals surface area contributed by atoms with Crippen LogP contribution in [0.25, 0.3) is 11.0 Å². The van der Waals surface area contributed by atoms with Crippen molar-refractivity contribution < 1.29 is 4.79 Å². The highest BCUT2D eigenvalue weighted by atomic mass is 16.2. The summed E-state index contributed by atoms with van der Waals surface area (Å²) in [6.45, 7) is 9.12. The third kappa shape index (κ3) is 2.90. The molecule has 2 aromatic rings. The number of urea groups is 1. The zero-order valence-corrected chi connectivity index (χ0v) is 12.8. The van der Waals surface area contributed by atoms with Crippen LogP contribution in [0, 0.1) is 6.92 Å². The Morgan fingerprint density at radius 3 is 2.91 bits per heavy atom. The third-order valence-corrected chi connectivity index (χ3v) is 3.89. The monoisotopic (exact) mass is 299 g/mol. The summed E-state index contributed by atoms with van der Waals surface area (Å²) in [5.41, 5.74) is 3.25. The van der Waals surface area contributed by atoms with Gasteiger partial charge in [-0.1, -0.05) is 12.1 Å². The van der Waals surface area contributed by atoms with Crippen molar-refractivity contribution in [3.05, 3.63) is 36.4 Å². The van der Waals surface area contributed by atoms with Crippen LogP contribution >= 0.6 is 0 Å². The fourth-order valence-corrected chi connectivity index (χ4v) is 2.65. The van der Waals surface area contributed by atoms with E-state index in [1.165, 1.54) is 5.56 Å². The zero-order valence-electron chi connectivity index (χ0n) is 12.8. The van der Waals surface area contributed by atoms with Gasteiger partial charge in [-0.05, 0) is 24.6 Å². The number of amides is 2. The lowest BCUT2D eigenvalue weighted by atomic mass is 10.2. The first-order valence-corrected chi connectivity index (χ1v) is 7.52. The van der Waals surface area contributed by atoms with Crippen LogP contribution in [0.5, 0.6) is 0 Å². The summed E-state index contributed by atoms with van der Waals surface area (Å²) in [5.74, 6) is 0.881. The minimum absolute atomic E-state index is 0.0280. The number of aryl methyl sites for hydroxylation is 1. The maximum absolute atomic E-state index is 11.9. The molecule has 2 N–H and O–H groups in total. The van der Waals surface area contributed by atoms with E-state index in [4.69, 9.17) is 0 Å². The molecule has 0 spiro atoms. The lowest BCUT2D eigenvalue weighted by molar-refractivity contribution is 0.195. The second-order valence-electron chi connectivity index (χ2n) is 5.53. The minimum atomic E-state index is -0.0280. The summed E-state index contributed by atoms with van der Waals surface area (Å²) in [5, 5.41) is 2.81. The third-order valence-electron chi connectivity index (χ3n) is 3.89. The van der Waals surface area contributed by atoms with Crippen molar-refractivity contribution >= 4 is 23.0 Å². The van der Waals surface area contributed by atoms with Gasteiger partial charge in [-0.3, -0.25) is 0 Å². The molecule has 22 heavy (non-hydrogen) atoms. The molecule has 0 atom stereocenters. The number of nitrogens with one attached hydrogen (secondary N) is 2. The maximum atomic E-state index is 11.9. The number of H-pyrrole nitrogens is 1. The van der Waals surface area contributed by atoms with Crippen LogP contribution in [0.1, 0.15) is 5.56 Å². The summed E-state index contributed by atoms with van der Waals surface area (Å²) in [4.78, 5) is 23.9. The van der Waals surface area contributed by atoms with E-state index in [1.807, 2.05) is 11.0 Å². The first-order chi connectivity index (χ1) is 10.7. The van der Waals surface area contributed by atoms with E-state index in [-0.39, 0.29) is 6.03 Å². The highest BCUT2D eigenvalue weighted by molar-refractivity contribution is 5.78. The molecule has 6 nitrogen and oxygen atoms in total. The number of aromatic amines is 1. The SMILES string of the molecule is C=CCNC(=O)N1CCN(c2nc3ccc(C)cc3[nH]2)CC1. The van der Waals surface area contributed by atoms with Gasteiger partial charge in [0.2, 0.25) is 5.95 Å². The fourth-order valence-electron chi connectivity index (χ4n) is 2.65. The number of anilines is 1. The molecule has 1 aliphatic rings. The van der Waals surface area contributed by atoms with Gasteiger partial charge in [-0.2, -0.15) is 0 Å². The Balaban J connectivity index is 1.65. The number of nitrogens with zero attached hydrogens (tertiary/aromatic N) is 3. The molecule has 0 unspecified atom stereocenters. The number of hydrogen-bond donors (Lipinski definition) is 2. The van der Waals surface area contributed by atoms with Crippen molar-refractivity contribution in [2.45, 2.75) is 6.92 Å². The quantitative estimate of drug-likeness (QED) is 0.851. The molecule has 1 aromatic heterocycles. The van der Waals surface area contributed by atoms with E-state index < -0.39 is 0 Å². The Labute approximate surface area is 129 Å². The zero-order chi connectivity index (χ0) is 15.5. The van der Waals surface area contributed by atoms with Gasteiger partial charge in [0.05, 0.1) is 11.0 Å². The number of carbonyl (C=O) groups excluding carboxylic acids is 1. The molecule has 2 heterocycles. The Morgan fingerprint density at radius 1 is 1.41 bits per heavy atom. The van der Waals surface area contributed by atoms with Crippen LogP contribution in [-0.4, -0.2) is 53.6 Å². The molecule has 6 heteroatoms. The molecule has 2 amide bonds. The molecular formula is C16H21N5O. The number of imidazole rings is 1. The predicted octanol–water partition coefficient (Wildman–Crippen LogP) is 1.89. The van der Waals surface area contributed by atoms with Crippen LogP contribution in [-0.2, 0) is 0 Å². The normalized spacial score (nSPS) is 15.1. The number of benzene rings is 1. The number of aromatic nitrogens is 2. The van der Waals surface area contributed by atoms with Crippen molar-refractivity contribution in [2.24, 2.45) is 0 Å². The number of rotatable bonds is 3. The smallest absolute Gasteiger partial charge is 0.317 e. The molecule has 3 rings (SSSR count). The van der Waals surface area contributed by atoms with E-state index in [2.05, 4.69) is 45.8 Å². The molecule has 0 saturated carbocycles. The van der Waals surface area contributed by atoms with Gasteiger partial charge >= 0.3 is 6.03 Å². The topological polar surface area (TPSA) is 64.3 Å². The lowest BCUT2D eigenvalue weighted by Gasteiger charge is -2.34. The average Bonchev–Trinajstić information content (AvgIpc) is 2.95. The van der Waals surface area contributed by atoms with Gasteiger partial charge in [0, 0.05) is 32.7 Å². The highest BCUT2D eigenvalue weighted by Gasteiger charge is 2.22. The minimum Gasteiger partial charge on any atom is -0.339 e. The average molecular weight is 299 g/mol. The standard InChI is InChI=1S/C16H21N5O/c1-3-6-17-16(22)21-9-7-20(8-10-21)15-18-13-5-4-12(2)11-14(13)19-15/h3-5,11H,1,6-10H2,2H3,(H,17,22)(H,18,19). The lowest BCUT2D eigenvalue weighted by Crippen LogP contribution is -2.52. The summed E-state index contributed by atoms with van der Waals surface area (Å²) >= 11 is 0. The van der Waals surface area contributed by atoms with Crippen molar-refractivity contribution in [1.82, 2.24) is 20.2 Å². The molecular weight excluding hydrogens is 278 g/mol. The maximum Gasteiger partial charge on any atom is 0.317 e. The molecule has 0 aliphatic carbocycles. The van der Waals surface area contributed by atoms with Crippen LogP contribution < -0.4 is 10.2 Å². The van der Waals surface area contributed by atoms with Crippen molar-refractivity contribution in [3.8, 4) is 0 Å². The summed E-state index contributed by atoms with van der Waals surface area (Å²) < 4.78 is 0.